The first-order valence-electron chi connectivity index (χ1n) is 7.50. The average molecular weight is 340 g/mol. The minimum Gasteiger partial charge on any atom is -0.322 e. The molecule has 0 atom stereocenters. The number of halogens is 3. The number of alkyl halides is 3. The van der Waals surface area contributed by atoms with E-state index in [9.17, 15) is 18.4 Å². The van der Waals surface area contributed by atoms with Crippen LogP contribution in [0.15, 0.2) is 54.9 Å². The first kappa shape index (κ1) is 15.3. The molecule has 0 saturated carbocycles. The van der Waals surface area contributed by atoms with E-state index in [1.54, 1.807) is 59.3 Å². The fourth-order valence-electron chi connectivity index (χ4n) is 3.05. The van der Waals surface area contributed by atoms with E-state index in [0.717, 1.165) is 4.57 Å². The van der Waals surface area contributed by atoms with Crippen LogP contribution in [0.25, 0.3) is 16.6 Å². The van der Waals surface area contributed by atoms with Crippen LogP contribution in [0, 0.1) is 11.3 Å². The van der Waals surface area contributed by atoms with E-state index in [4.69, 9.17) is 0 Å². The lowest BCUT2D eigenvalue weighted by Gasteiger charge is -2.10. The van der Waals surface area contributed by atoms with Crippen molar-refractivity contribution in [1.82, 2.24) is 14.0 Å². The van der Waals surface area contributed by atoms with Gasteiger partial charge in [0.2, 0.25) is 5.82 Å². The van der Waals surface area contributed by atoms with E-state index in [1.165, 1.54) is 0 Å². The molecule has 0 aliphatic heterocycles. The predicted octanol–water partition coefficient (Wildman–Crippen LogP) is 4.23. The number of para-hydroxylation sites is 2. The minimum atomic E-state index is -4.58. The van der Waals surface area contributed by atoms with Crippen LogP contribution in [-0.2, 0) is 12.7 Å². The zero-order valence-corrected chi connectivity index (χ0v) is 12.8. The van der Waals surface area contributed by atoms with Crippen molar-refractivity contribution in [2.75, 3.05) is 0 Å². The Morgan fingerprint density at radius 1 is 1.04 bits per heavy atom. The number of hydrogen-bond acceptors (Lipinski definition) is 2. The fourth-order valence-corrected chi connectivity index (χ4v) is 3.05. The average Bonchev–Trinajstić information content (AvgIpc) is 3.13. The zero-order valence-electron chi connectivity index (χ0n) is 12.8. The standard InChI is InChI=1S/C18H11F3N4/c19-18(20,21)17-23-14-5-1-2-7-16(14)25(17)11-12-10-24-8-4-3-6-15(24)13(12)9-22/h1-8,10H,11H2. The molecule has 0 fully saturated rings. The molecule has 0 aliphatic carbocycles. The molecular weight excluding hydrogens is 329 g/mol. The number of nitrogens with zero attached hydrogens (tertiary/aromatic N) is 4. The number of nitriles is 1. The van der Waals surface area contributed by atoms with Gasteiger partial charge in [-0.2, -0.15) is 18.4 Å². The van der Waals surface area contributed by atoms with E-state index < -0.39 is 12.0 Å². The number of benzene rings is 1. The molecule has 0 N–H and O–H groups in total. The highest BCUT2D eigenvalue weighted by Crippen LogP contribution is 2.32. The van der Waals surface area contributed by atoms with Crippen molar-refractivity contribution in [3.63, 3.8) is 0 Å². The summed E-state index contributed by atoms with van der Waals surface area (Å²) in [5.74, 6) is -0.965. The van der Waals surface area contributed by atoms with Crippen molar-refractivity contribution >= 4 is 16.6 Å². The number of fused-ring (bicyclic) bond motifs is 2. The van der Waals surface area contributed by atoms with Crippen LogP contribution in [0.4, 0.5) is 13.2 Å². The Balaban J connectivity index is 1.94. The Labute approximate surface area is 140 Å². The van der Waals surface area contributed by atoms with Crippen molar-refractivity contribution in [3.05, 3.63) is 71.8 Å². The van der Waals surface area contributed by atoms with E-state index in [1.807, 2.05) is 0 Å². The van der Waals surface area contributed by atoms with Gasteiger partial charge >= 0.3 is 6.18 Å². The molecule has 3 heterocycles. The smallest absolute Gasteiger partial charge is 0.322 e. The molecule has 7 heteroatoms. The van der Waals surface area contributed by atoms with Crippen molar-refractivity contribution in [2.24, 2.45) is 0 Å². The maximum absolute atomic E-state index is 13.4. The highest BCUT2D eigenvalue weighted by molar-refractivity contribution is 5.76. The Morgan fingerprint density at radius 3 is 2.52 bits per heavy atom. The van der Waals surface area contributed by atoms with Gasteiger partial charge in [0.05, 0.1) is 28.7 Å². The number of aromatic nitrogens is 3. The first-order valence-corrected chi connectivity index (χ1v) is 7.50. The van der Waals surface area contributed by atoms with Crippen LogP contribution >= 0.6 is 0 Å². The Kier molecular flexibility index (Phi) is 3.29. The highest BCUT2D eigenvalue weighted by atomic mass is 19.4. The lowest BCUT2D eigenvalue weighted by molar-refractivity contribution is -0.146. The van der Waals surface area contributed by atoms with Crippen molar-refractivity contribution in [2.45, 2.75) is 12.7 Å². The largest absolute Gasteiger partial charge is 0.449 e. The summed E-state index contributed by atoms with van der Waals surface area (Å²) in [4.78, 5) is 3.74. The van der Waals surface area contributed by atoms with Gasteiger partial charge in [-0.15, -0.1) is 0 Å². The molecule has 0 bridgehead atoms. The summed E-state index contributed by atoms with van der Waals surface area (Å²) < 4.78 is 43.1. The van der Waals surface area contributed by atoms with E-state index in [-0.39, 0.29) is 12.1 Å². The van der Waals surface area contributed by atoms with Gasteiger partial charge in [-0.25, -0.2) is 4.98 Å². The summed E-state index contributed by atoms with van der Waals surface area (Å²) in [5.41, 5.74) is 2.21. The SMILES string of the molecule is N#Cc1c(Cn2c(C(F)(F)F)nc3ccccc32)cn2ccccc12. The number of rotatable bonds is 2. The highest BCUT2D eigenvalue weighted by Gasteiger charge is 2.37. The molecule has 4 nitrogen and oxygen atoms in total. The summed E-state index contributed by atoms with van der Waals surface area (Å²) in [7, 11) is 0. The van der Waals surface area contributed by atoms with Gasteiger partial charge < -0.3 is 8.97 Å². The summed E-state index contributed by atoms with van der Waals surface area (Å²) in [6, 6.07) is 13.9. The second kappa shape index (κ2) is 5.38. The molecule has 3 aromatic heterocycles. The molecule has 0 saturated heterocycles. The maximum atomic E-state index is 13.4. The fraction of sp³-hybridized carbons (Fsp3) is 0.111. The van der Waals surface area contributed by atoms with E-state index in [2.05, 4.69) is 11.1 Å². The second-order valence-electron chi connectivity index (χ2n) is 5.64. The van der Waals surface area contributed by atoms with Crippen LogP contribution in [0.1, 0.15) is 17.0 Å². The predicted molar refractivity (Wildman–Crippen MR) is 85.9 cm³/mol. The van der Waals surface area contributed by atoms with E-state index >= 15 is 0 Å². The topological polar surface area (TPSA) is 46.0 Å². The van der Waals surface area contributed by atoms with Crippen LogP contribution in [-0.4, -0.2) is 14.0 Å². The van der Waals surface area contributed by atoms with Crippen molar-refractivity contribution < 1.29 is 13.2 Å². The zero-order chi connectivity index (χ0) is 17.6. The lowest BCUT2D eigenvalue weighted by Crippen LogP contribution is -2.15. The third kappa shape index (κ3) is 2.43. The first-order chi connectivity index (χ1) is 12.0. The van der Waals surface area contributed by atoms with Crippen LogP contribution in [0.2, 0.25) is 0 Å². The monoisotopic (exact) mass is 340 g/mol. The molecule has 0 amide bonds. The number of pyridine rings is 1. The maximum Gasteiger partial charge on any atom is 0.449 e. The second-order valence-corrected chi connectivity index (χ2v) is 5.64. The van der Waals surface area contributed by atoms with Gasteiger partial charge in [-0.05, 0) is 24.3 Å². The van der Waals surface area contributed by atoms with Gasteiger partial charge in [0.15, 0.2) is 0 Å². The molecule has 0 spiro atoms. The number of imidazole rings is 1. The van der Waals surface area contributed by atoms with Crippen LogP contribution in [0.3, 0.4) is 0 Å². The molecule has 0 radical (unpaired) electrons. The van der Waals surface area contributed by atoms with Gasteiger partial charge in [-0.3, -0.25) is 0 Å². The van der Waals surface area contributed by atoms with Crippen molar-refractivity contribution in [3.8, 4) is 6.07 Å². The van der Waals surface area contributed by atoms with Gasteiger partial charge in [0.25, 0.3) is 0 Å². The van der Waals surface area contributed by atoms with Gasteiger partial charge in [-0.1, -0.05) is 18.2 Å². The van der Waals surface area contributed by atoms with E-state index in [0.29, 0.717) is 22.2 Å². The van der Waals surface area contributed by atoms with Crippen LogP contribution < -0.4 is 0 Å². The molecule has 4 rings (SSSR count). The Hall–Kier alpha value is -3.27. The van der Waals surface area contributed by atoms with Crippen molar-refractivity contribution in [1.29, 1.82) is 5.26 Å². The molecule has 0 unspecified atom stereocenters. The minimum absolute atomic E-state index is 0.0834. The summed E-state index contributed by atoms with van der Waals surface area (Å²) in [6.07, 6.45) is -1.13. The quantitative estimate of drug-likeness (QED) is 0.548. The van der Waals surface area contributed by atoms with Gasteiger partial charge in [0, 0.05) is 18.0 Å². The van der Waals surface area contributed by atoms with Crippen LogP contribution in [0.5, 0.6) is 0 Å². The molecule has 4 aromatic rings. The molecule has 0 aliphatic rings. The lowest BCUT2D eigenvalue weighted by atomic mass is 10.1. The summed E-state index contributed by atoms with van der Waals surface area (Å²) in [5, 5.41) is 9.47. The summed E-state index contributed by atoms with van der Waals surface area (Å²) in [6.45, 7) is -0.0834. The Bertz CT molecular complexity index is 1130. The third-order valence-electron chi connectivity index (χ3n) is 4.11. The van der Waals surface area contributed by atoms with Gasteiger partial charge in [0.1, 0.15) is 6.07 Å². The number of hydrogen-bond donors (Lipinski definition) is 0. The third-order valence-corrected chi connectivity index (χ3v) is 4.11. The molecule has 1 aromatic carbocycles. The molecule has 25 heavy (non-hydrogen) atoms. The summed E-state index contributed by atoms with van der Waals surface area (Å²) >= 11 is 0. The molecular formula is C18H11F3N4. The Morgan fingerprint density at radius 2 is 1.76 bits per heavy atom. The normalized spacial score (nSPS) is 11.9. The molecule has 124 valence electrons.